The third-order valence-corrected chi connectivity index (χ3v) is 8.63. The second-order valence-electron chi connectivity index (χ2n) is 12.7. The standard InChI is InChI=1S/C33H37FN4O4/c1-33(2,3)42-32(41)36-13-10-22(11-14-36)15-21-6-8-23(9-7-21)24-16-25-26(27(34)17-24)18-38(31(25)40)29(19-39)30-28-5-4-12-37(28)20-35-30/h6-9,16-17,19-20,22,29H,4-5,10-15,18H2,1-3H3. The molecular weight excluding hydrogens is 535 g/mol. The van der Waals surface area contributed by atoms with Gasteiger partial charge in [-0.15, -0.1) is 0 Å². The Balaban J connectivity index is 1.12. The lowest BCUT2D eigenvalue weighted by atomic mass is 9.89. The summed E-state index contributed by atoms with van der Waals surface area (Å²) in [7, 11) is 0. The predicted molar refractivity (Wildman–Crippen MR) is 155 cm³/mol. The number of piperidine rings is 1. The molecule has 1 saturated heterocycles. The van der Waals surface area contributed by atoms with E-state index in [1.165, 1.54) is 16.5 Å². The SMILES string of the molecule is CC(C)(C)OC(=O)N1CCC(Cc2ccc(-c3cc(F)c4c(c3)C(=O)N(C(C=O)c3ncn5c3CCC5)C4)cc2)CC1. The normalized spacial score (nSPS) is 17.8. The number of likely N-dealkylation sites (tertiary alicyclic amines) is 1. The molecule has 1 fully saturated rings. The molecule has 8 nitrogen and oxygen atoms in total. The fourth-order valence-corrected chi connectivity index (χ4v) is 6.43. The number of carbonyl (C=O) groups excluding carboxylic acids is 3. The van der Waals surface area contributed by atoms with Crippen molar-refractivity contribution in [1.29, 1.82) is 0 Å². The summed E-state index contributed by atoms with van der Waals surface area (Å²) >= 11 is 0. The minimum absolute atomic E-state index is 0.0433. The largest absolute Gasteiger partial charge is 0.444 e. The highest BCUT2D eigenvalue weighted by molar-refractivity contribution is 6.01. The monoisotopic (exact) mass is 572 g/mol. The van der Waals surface area contributed by atoms with Gasteiger partial charge in [0.15, 0.2) is 0 Å². The third-order valence-electron chi connectivity index (χ3n) is 8.63. The first-order chi connectivity index (χ1) is 20.1. The van der Waals surface area contributed by atoms with Gasteiger partial charge in [-0.25, -0.2) is 14.2 Å². The lowest BCUT2D eigenvalue weighted by molar-refractivity contribution is -0.112. The number of nitrogens with zero attached hydrogens (tertiary/aromatic N) is 4. The van der Waals surface area contributed by atoms with Crippen molar-refractivity contribution in [3.8, 4) is 11.1 Å². The zero-order valence-electron chi connectivity index (χ0n) is 24.4. The van der Waals surface area contributed by atoms with Crippen LogP contribution in [0.5, 0.6) is 0 Å². The summed E-state index contributed by atoms with van der Waals surface area (Å²) in [6.07, 6.45) is 6.74. The molecule has 0 spiro atoms. The van der Waals surface area contributed by atoms with Crippen LogP contribution in [-0.2, 0) is 35.5 Å². The fourth-order valence-electron chi connectivity index (χ4n) is 6.43. The number of rotatable bonds is 6. The number of aldehydes is 1. The van der Waals surface area contributed by atoms with Gasteiger partial charge in [-0.3, -0.25) is 4.79 Å². The molecule has 6 rings (SSSR count). The lowest BCUT2D eigenvalue weighted by Crippen LogP contribution is -2.42. The van der Waals surface area contributed by atoms with Gasteiger partial charge in [0.2, 0.25) is 0 Å². The molecule has 0 N–H and O–H groups in total. The molecule has 3 aromatic rings. The molecule has 1 aromatic heterocycles. The van der Waals surface area contributed by atoms with Crippen molar-refractivity contribution in [3.05, 3.63) is 76.6 Å². The highest BCUT2D eigenvalue weighted by Gasteiger charge is 2.38. The number of benzene rings is 2. The predicted octanol–water partition coefficient (Wildman–Crippen LogP) is 5.72. The number of aromatic nitrogens is 2. The molecule has 0 radical (unpaired) electrons. The van der Waals surface area contributed by atoms with E-state index in [2.05, 4.69) is 17.1 Å². The average molecular weight is 573 g/mol. The molecule has 9 heteroatoms. The Labute approximate surface area is 245 Å². The van der Waals surface area contributed by atoms with Gasteiger partial charge in [-0.05, 0) is 87.6 Å². The minimum atomic E-state index is -0.836. The fraction of sp³-hybridized carbons (Fsp3) is 0.455. The molecule has 2 amide bonds. The minimum Gasteiger partial charge on any atom is -0.444 e. The number of amides is 2. The molecule has 0 bridgehead atoms. The number of imidazole rings is 1. The molecule has 0 saturated carbocycles. The average Bonchev–Trinajstić information content (AvgIpc) is 3.66. The number of halogens is 1. The molecule has 220 valence electrons. The zero-order chi connectivity index (χ0) is 29.6. The molecule has 42 heavy (non-hydrogen) atoms. The Morgan fingerprint density at radius 1 is 1.12 bits per heavy atom. The van der Waals surface area contributed by atoms with Crippen LogP contribution in [0.2, 0.25) is 0 Å². The van der Waals surface area contributed by atoms with E-state index >= 15 is 4.39 Å². The Hall–Kier alpha value is -4.01. The highest BCUT2D eigenvalue weighted by Crippen LogP contribution is 2.36. The van der Waals surface area contributed by atoms with Gasteiger partial charge >= 0.3 is 6.09 Å². The van der Waals surface area contributed by atoms with Crippen LogP contribution >= 0.6 is 0 Å². The Morgan fingerprint density at radius 3 is 2.55 bits per heavy atom. The van der Waals surface area contributed by atoms with E-state index in [0.29, 0.717) is 41.4 Å². The molecule has 2 aromatic carbocycles. The van der Waals surface area contributed by atoms with Crippen molar-refractivity contribution < 1.29 is 23.5 Å². The van der Waals surface area contributed by atoms with E-state index in [0.717, 1.165) is 56.2 Å². The van der Waals surface area contributed by atoms with Crippen molar-refractivity contribution >= 4 is 18.3 Å². The Morgan fingerprint density at radius 2 is 1.86 bits per heavy atom. The number of aryl methyl sites for hydroxylation is 1. The van der Waals surface area contributed by atoms with E-state index in [1.54, 1.807) is 17.3 Å². The van der Waals surface area contributed by atoms with Crippen LogP contribution in [0, 0.1) is 11.7 Å². The molecule has 3 aliphatic rings. The lowest BCUT2D eigenvalue weighted by Gasteiger charge is -2.33. The van der Waals surface area contributed by atoms with Gasteiger partial charge in [-0.2, -0.15) is 0 Å². The summed E-state index contributed by atoms with van der Waals surface area (Å²) in [6, 6.07) is 10.4. The number of hydrogen-bond acceptors (Lipinski definition) is 5. The summed E-state index contributed by atoms with van der Waals surface area (Å²) in [5.74, 6) is -0.325. The van der Waals surface area contributed by atoms with Gasteiger partial charge in [0.25, 0.3) is 5.91 Å². The summed E-state index contributed by atoms with van der Waals surface area (Å²) in [5, 5.41) is 0. The summed E-state index contributed by atoms with van der Waals surface area (Å²) < 4.78 is 22.9. The van der Waals surface area contributed by atoms with Crippen LogP contribution in [0.1, 0.15) is 78.9 Å². The van der Waals surface area contributed by atoms with Crippen molar-refractivity contribution in [2.45, 2.75) is 77.6 Å². The molecule has 1 unspecified atom stereocenters. The van der Waals surface area contributed by atoms with E-state index in [-0.39, 0.29) is 18.5 Å². The number of carbonyl (C=O) groups is 3. The Bertz CT molecular complexity index is 1520. The van der Waals surface area contributed by atoms with Crippen LogP contribution in [-0.4, -0.2) is 56.3 Å². The quantitative estimate of drug-likeness (QED) is 0.353. The first kappa shape index (κ1) is 28.1. The van der Waals surface area contributed by atoms with Crippen LogP contribution < -0.4 is 0 Å². The maximum absolute atomic E-state index is 15.4. The molecule has 1 atom stereocenters. The number of hydrogen-bond donors (Lipinski definition) is 0. The van der Waals surface area contributed by atoms with Gasteiger partial charge in [-0.1, -0.05) is 24.3 Å². The van der Waals surface area contributed by atoms with Crippen LogP contribution in [0.25, 0.3) is 11.1 Å². The highest BCUT2D eigenvalue weighted by atomic mass is 19.1. The maximum Gasteiger partial charge on any atom is 0.410 e. The number of ether oxygens (including phenoxy) is 1. The van der Waals surface area contributed by atoms with Crippen molar-refractivity contribution in [1.82, 2.24) is 19.4 Å². The van der Waals surface area contributed by atoms with Gasteiger partial charge in [0.1, 0.15) is 23.7 Å². The summed E-state index contributed by atoms with van der Waals surface area (Å²) in [5.41, 5.74) is 4.33. The van der Waals surface area contributed by atoms with E-state index in [9.17, 15) is 14.4 Å². The first-order valence-electron chi connectivity index (χ1n) is 14.8. The van der Waals surface area contributed by atoms with Gasteiger partial charge in [0.05, 0.1) is 18.6 Å². The topological polar surface area (TPSA) is 84.7 Å². The summed E-state index contributed by atoms with van der Waals surface area (Å²) in [6.45, 7) is 7.90. The molecular formula is C33H37FN4O4. The van der Waals surface area contributed by atoms with Crippen LogP contribution in [0.15, 0.2) is 42.7 Å². The second kappa shape index (κ2) is 11.0. The van der Waals surface area contributed by atoms with Crippen molar-refractivity contribution in [3.63, 3.8) is 0 Å². The van der Waals surface area contributed by atoms with Crippen molar-refractivity contribution in [2.75, 3.05) is 13.1 Å². The third kappa shape index (κ3) is 5.44. The Kier molecular flexibility index (Phi) is 7.37. The second-order valence-corrected chi connectivity index (χ2v) is 12.7. The molecule has 3 aliphatic heterocycles. The van der Waals surface area contributed by atoms with Crippen molar-refractivity contribution in [2.24, 2.45) is 5.92 Å². The molecule has 0 aliphatic carbocycles. The number of fused-ring (bicyclic) bond motifs is 2. The van der Waals surface area contributed by atoms with Crippen LogP contribution in [0.3, 0.4) is 0 Å². The maximum atomic E-state index is 15.4. The van der Waals surface area contributed by atoms with E-state index < -0.39 is 17.5 Å². The van der Waals surface area contributed by atoms with E-state index in [1.807, 2.05) is 37.5 Å². The van der Waals surface area contributed by atoms with Gasteiger partial charge in [0, 0.05) is 36.5 Å². The van der Waals surface area contributed by atoms with Crippen LogP contribution in [0.4, 0.5) is 9.18 Å². The molecule has 4 heterocycles. The van der Waals surface area contributed by atoms with Gasteiger partial charge < -0.3 is 23.9 Å². The first-order valence-corrected chi connectivity index (χ1v) is 14.8. The van der Waals surface area contributed by atoms with E-state index in [4.69, 9.17) is 4.74 Å². The summed E-state index contributed by atoms with van der Waals surface area (Å²) in [4.78, 5) is 45.7. The smallest absolute Gasteiger partial charge is 0.410 e. The zero-order valence-corrected chi connectivity index (χ0v) is 24.4.